The second kappa shape index (κ2) is 9.76. The van der Waals surface area contributed by atoms with E-state index in [4.69, 9.17) is 0 Å². The third-order valence-electron chi connectivity index (χ3n) is 6.21. The average molecular weight is 507 g/mol. The van der Waals surface area contributed by atoms with E-state index < -0.39 is 36.1 Å². The molecule has 0 bridgehead atoms. The fourth-order valence-electron chi connectivity index (χ4n) is 4.43. The fourth-order valence-corrected chi connectivity index (χ4v) is 4.43. The average Bonchev–Trinajstić information content (AvgIpc) is 2.81. The number of nitrogens with one attached hydrogen (secondary N) is 1. The number of piperazine rings is 1. The van der Waals surface area contributed by atoms with E-state index in [1.807, 2.05) is 0 Å². The van der Waals surface area contributed by atoms with Gasteiger partial charge in [-0.3, -0.25) is 14.3 Å². The number of aromatic carboxylic acids is 1. The number of hydrogen-bond donors (Lipinski definition) is 2. The summed E-state index contributed by atoms with van der Waals surface area (Å²) in [5.41, 5.74) is 0.442. The van der Waals surface area contributed by atoms with Crippen LogP contribution in [0.2, 0.25) is 0 Å². The maximum absolute atomic E-state index is 14.5. The summed E-state index contributed by atoms with van der Waals surface area (Å²) in [6.07, 6.45) is -4.29. The molecule has 1 atom stereocenters. The summed E-state index contributed by atoms with van der Waals surface area (Å²) in [6.45, 7) is 1.45. The summed E-state index contributed by atoms with van der Waals surface area (Å²) in [7, 11) is 1.49. The molecule has 3 aromatic rings. The van der Waals surface area contributed by atoms with Gasteiger partial charge in [0.2, 0.25) is 5.95 Å². The number of carboxylic acids is 1. The molecular formula is C24H25F4N5O3. The molecular weight excluding hydrogens is 482 g/mol. The SMILES string of the molecule is C[C@@H](Nc1ccccc1C(=O)O)c1cc(F)cc2c(=O)n(C)c(N3CCN(CC(F)(F)F)CC3)nc12. The quantitative estimate of drug-likeness (QED) is 0.493. The first-order valence-electron chi connectivity index (χ1n) is 11.3. The van der Waals surface area contributed by atoms with Gasteiger partial charge in [0, 0.05) is 44.5 Å². The van der Waals surface area contributed by atoms with Crippen molar-refractivity contribution in [2.45, 2.75) is 19.1 Å². The molecule has 36 heavy (non-hydrogen) atoms. The molecule has 2 N–H and O–H groups in total. The fraction of sp³-hybridized carbons (Fsp3) is 0.375. The second-order valence-corrected chi connectivity index (χ2v) is 8.76. The number of benzene rings is 2. The largest absolute Gasteiger partial charge is 0.478 e. The van der Waals surface area contributed by atoms with E-state index in [1.54, 1.807) is 30.0 Å². The highest BCUT2D eigenvalue weighted by Gasteiger charge is 2.33. The van der Waals surface area contributed by atoms with Gasteiger partial charge in [0.05, 0.1) is 29.1 Å². The molecule has 0 unspecified atom stereocenters. The smallest absolute Gasteiger partial charge is 0.401 e. The molecule has 12 heteroatoms. The van der Waals surface area contributed by atoms with Crippen molar-refractivity contribution >= 4 is 28.5 Å². The summed E-state index contributed by atoms with van der Waals surface area (Å²) in [5.74, 6) is -1.51. The molecule has 1 aliphatic heterocycles. The van der Waals surface area contributed by atoms with E-state index in [-0.39, 0.29) is 48.6 Å². The van der Waals surface area contributed by atoms with E-state index in [9.17, 15) is 32.3 Å². The van der Waals surface area contributed by atoms with Crippen LogP contribution in [0.25, 0.3) is 10.9 Å². The monoisotopic (exact) mass is 507 g/mol. The number of carboxylic acid groups (broad SMARTS) is 1. The van der Waals surface area contributed by atoms with Gasteiger partial charge in [-0.05, 0) is 31.2 Å². The molecule has 192 valence electrons. The first-order chi connectivity index (χ1) is 16.9. The van der Waals surface area contributed by atoms with Gasteiger partial charge in [-0.15, -0.1) is 0 Å². The standard InChI is InChI=1S/C24H25F4N5O3/c1-14(29-19-6-4-3-5-16(19)22(35)36)17-11-15(25)12-18-20(17)30-23(31(2)21(18)34)33-9-7-32(8-10-33)13-24(26,27)28/h3-6,11-12,14,29H,7-10,13H2,1-2H3,(H,35,36)/t14-/m1/s1. The van der Waals surface area contributed by atoms with Gasteiger partial charge in [-0.2, -0.15) is 13.2 Å². The Morgan fingerprint density at radius 1 is 1.17 bits per heavy atom. The molecule has 1 fully saturated rings. The zero-order valence-corrected chi connectivity index (χ0v) is 19.6. The van der Waals surface area contributed by atoms with Crippen molar-refractivity contribution < 1.29 is 27.5 Å². The number of para-hydroxylation sites is 1. The number of aromatic nitrogens is 2. The van der Waals surface area contributed by atoms with Crippen LogP contribution in [0.5, 0.6) is 0 Å². The Balaban J connectivity index is 1.70. The van der Waals surface area contributed by atoms with Crippen LogP contribution in [-0.2, 0) is 7.05 Å². The third kappa shape index (κ3) is 5.27. The van der Waals surface area contributed by atoms with Crippen molar-refractivity contribution in [3.63, 3.8) is 0 Å². The molecule has 8 nitrogen and oxygen atoms in total. The molecule has 0 radical (unpaired) electrons. The van der Waals surface area contributed by atoms with Gasteiger partial charge in [0.15, 0.2) is 0 Å². The first-order valence-corrected chi connectivity index (χ1v) is 11.3. The van der Waals surface area contributed by atoms with Crippen LogP contribution >= 0.6 is 0 Å². The lowest BCUT2D eigenvalue weighted by molar-refractivity contribution is -0.146. The van der Waals surface area contributed by atoms with Crippen LogP contribution in [0.4, 0.5) is 29.2 Å². The molecule has 0 amide bonds. The number of carbonyl (C=O) groups is 1. The zero-order valence-electron chi connectivity index (χ0n) is 19.6. The van der Waals surface area contributed by atoms with Gasteiger partial charge in [0.25, 0.3) is 5.56 Å². The Kier molecular flexibility index (Phi) is 6.90. The van der Waals surface area contributed by atoms with Crippen LogP contribution in [0.15, 0.2) is 41.2 Å². The van der Waals surface area contributed by atoms with Crippen molar-refractivity contribution in [1.82, 2.24) is 14.5 Å². The first kappa shape index (κ1) is 25.4. The maximum Gasteiger partial charge on any atom is 0.401 e. The highest BCUT2D eigenvalue weighted by molar-refractivity contribution is 5.94. The number of rotatable bonds is 6. The van der Waals surface area contributed by atoms with Gasteiger partial charge in [-0.25, -0.2) is 14.2 Å². The molecule has 2 aromatic carbocycles. The molecule has 0 spiro atoms. The normalized spacial score (nSPS) is 15.8. The Morgan fingerprint density at radius 2 is 1.83 bits per heavy atom. The Hall–Kier alpha value is -3.67. The van der Waals surface area contributed by atoms with E-state index in [0.717, 1.165) is 6.07 Å². The number of halogens is 4. The van der Waals surface area contributed by atoms with Gasteiger partial charge in [0.1, 0.15) is 5.82 Å². The van der Waals surface area contributed by atoms with Crippen molar-refractivity contribution in [3.8, 4) is 0 Å². The van der Waals surface area contributed by atoms with Gasteiger partial charge >= 0.3 is 12.1 Å². The minimum Gasteiger partial charge on any atom is -0.478 e. The predicted molar refractivity (Wildman–Crippen MR) is 127 cm³/mol. The molecule has 1 aromatic heterocycles. The van der Waals surface area contributed by atoms with Crippen molar-refractivity contribution in [2.75, 3.05) is 42.9 Å². The van der Waals surface area contributed by atoms with Crippen LogP contribution in [0.1, 0.15) is 28.9 Å². The number of alkyl halides is 3. The maximum atomic E-state index is 14.5. The second-order valence-electron chi connectivity index (χ2n) is 8.76. The molecule has 2 heterocycles. The lowest BCUT2D eigenvalue weighted by Gasteiger charge is -2.36. The van der Waals surface area contributed by atoms with Crippen LogP contribution in [0.3, 0.4) is 0 Å². The zero-order chi connectivity index (χ0) is 26.2. The molecule has 4 rings (SSSR count). The minimum absolute atomic E-state index is 0.0337. The molecule has 1 saturated heterocycles. The Morgan fingerprint density at radius 3 is 2.47 bits per heavy atom. The Labute approximate surface area is 203 Å². The van der Waals surface area contributed by atoms with E-state index in [2.05, 4.69) is 10.3 Å². The minimum atomic E-state index is -4.29. The topological polar surface area (TPSA) is 90.7 Å². The number of anilines is 2. The lowest BCUT2D eigenvalue weighted by Crippen LogP contribution is -2.50. The summed E-state index contributed by atoms with van der Waals surface area (Å²) in [6, 6.07) is 7.97. The number of hydrogen-bond acceptors (Lipinski definition) is 6. The molecule has 0 aliphatic carbocycles. The summed E-state index contributed by atoms with van der Waals surface area (Å²) < 4.78 is 54.1. The highest BCUT2D eigenvalue weighted by atomic mass is 19.4. The molecule has 1 aliphatic rings. The van der Waals surface area contributed by atoms with Gasteiger partial charge in [-0.1, -0.05) is 12.1 Å². The van der Waals surface area contributed by atoms with Crippen molar-refractivity contribution in [2.24, 2.45) is 7.05 Å². The summed E-state index contributed by atoms with van der Waals surface area (Å²) in [4.78, 5) is 32.4. The van der Waals surface area contributed by atoms with E-state index in [0.29, 0.717) is 11.3 Å². The Bertz CT molecular complexity index is 1350. The summed E-state index contributed by atoms with van der Waals surface area (Å²) in [5, 5.41) is 12.6. The predicted octanol–water partition coefficient (Wildman–Crippen LogP) is 3.63. The van der Waals surface area contributed by atoms with E-state index in [1.165, 1.54) is 28.6 Å². The summed E-state index contributed by atoms with van der Waals surface area (Å²) >= 11 is 0. The van der Waals surface area contributed by atoms with Crippen LogP contribution < -0.4 is 15.8 Å². The van der Waals surface area contributed by atoms with Crippen LogP contribution in [0, 0.1) is 5.82 Å². The van der Waals surface area contributed by atoms with Crippen LogP contribution in [-0.4, -0.2) is 64.4 Å². The van der Waals surface area contributed by atoms with E-state index >= 15 is 0 Å². The van der Waals surface area contributed by atoms with Gasteiger partial charge < -0.3 is 15.3 Å². The van der Waals surface area contributed by atoms with Crippen molar-refractivity contribution in [1.29, 1.82) is 0 Å². The molecule has 0 saturated carbocycles. The van der Waals surface area contributed by atoms with Crippen molar-refractivity contribution in [3.05, 3.63) is 63.7 Å². The third-order valence-corrected chi connectivity index (χ3v) is 6.21. The number of nitrogens with zero attached hydrogens (tertiary/aromatic N) is 4. The number of fused-ring (bicyclic) bond motifs is 1. The lowest BCUT2D eigenvalue weighted by atomic mass is 10.0. The highest BCUT2D eigenvalue weighted by Crippen LogP contribution is 2.29.